The molecule has 2 aliphatic heterocycles. The molecule has 170 valence electrons. The Balaban J connectivity index is 1.85. The Morgan fingerprint density at radius 2 is 1.80 bits per heavy atom. The molecule has 10 atom stereocenters. The SMILES string of the molecule is C/C1=C\C[C@@H](O[C@@H]2O[C@H](CO)[C@@H](O)[C@H](O)[C@H]2O)/C(C)=C/[C@@H]2OC(=O)[C@@H](C)[C@@H]2C[C@@H]1O. The van der Waals surface area contributed by atoms with Gasteiger partial charge in [-0.2, -0.15) is 0 Å². The van der Waals surface area contributed by atoms with Crippen molar-refractivity contribution in [3.63, 3.8) is 0 Å². The minimum Gasteiger partial charge on any atom is -0.458 e. The molecule has 5 N–H and O–H groups in total. The van der Waals surface area contributed by atoms with Gasteiger partial charge in [0.1, 0.15) is 30.5 Å². The Morgan fingerprint density at radius 1 is 1.10 bits per heavy atom. The summed E-state index contributed by atoms with van der Waals surface area (Å²) in [6.45, 7) is 4.85. The van der Waals surface area contributed by atoms with Crippen LogP contribution >= 0.6 is 0 Å². The molecule has 0 aromatic heterocycles. The lowest BCUT2D eigenvalue weighted by Crippen LogP contribution is -2.59. The molecule has 30 heavy (non-hydrogen) atoms. The predicted molar refractivity (Wildman–Crippen MR) is 104 cm³/mol. The van der Waals surface area contributed by atoms with Crippen LogP contribution in [0.1, 0.15) is 33.6 Å². The molecule has 3 rings (SSSR count). The van der Waals surface area contributed by atoms with Gasteiger partial charge in [-0.15, -0.1) is 0 Å². The molecule has 0 saturated carbocycles. The summed E-state index contributed by atoms with van der Waals surface area (Å²) < 4.78 is 16.9. The van der Waals surface area contributed by atoms with Crippen LogP contribution in [0.5, 0.6) is 0 Å². The van der Waals surface area contributed by atoms with Gasteiger partial charge < -0.3 is 39.7 Å². The molecule has 0 spiro atoms. The maximum absolute atomic E-state index is 12.1. The molecule has 2 saturated heterocycles. The highest BCUT2D eigenvalue weighted by Crippen LogP contribution is 2.36. The van der Waals surface area contributed by atoms with Gasteiger partial charge in [-0.05, 0) is 43.9 Å². The van der Waals surface area contributed by atoms with Crippen molar-refractivity contribution in [2.24, 2.45) is 11.8 Å². The zero-order valence-electron chi connectivity index (χ0n) is 17.4. The molecular formula is C21H32O9. The third-order valence-corrected chi connectivity index (χ3v) is 6.45. The summed E-state index contributed by atoms with van der Waals surface area (Å²) in [5.41, 5.74) is 1.47. The summed E-state index contributed by atoms with van der Waals surface area (Å²) in [6.07, 6.45) is -4.34. The van der Waals surface area contributed by atoms with E-state index in [1.165, 1.54) is 0 Å². The topological polar surface area (TPSA) is 146 Å². The summed E-state index contributed by atoms with van der Waals surface area (Å²) in [5, 5.41) is 50.2. The van der Waals surface area contributed by atoms with Crippen molar-refractivity contribution in [1.29, 1.82) is 0 Å². The zero-order valence-corrected chi connectivity index (χ0v) is 17.4. The van der Waals surface area contributed by atoms with Gasteiger partial charge in [-0.1, -0.05) is 13.0 Å². The molecule has 3 aliphatic rings. The van der Waals surface area contributed by atoms with Crippen LogP contribution < -0.4 is 0 Å². The molecule has 0 radical (unpaired) electrons. The fourth-order valence-electron chi connectivity index (χ4n) is 4.21. The second kappa shape index (κ2) is 9.44. The van der Waals surface area contributed by atoms with E-state index in [1.807, 2.05) is 13.0 Å². The van der Waals surface area contributed by atoms with Crippen LogP contribution in [-0.4, -0.2) is 87.1 Å². The monoisotopic (exact) mass is 428 g/mol. The molecule has 0 amide bonds. The van der Waals surface area contributed by atoms with Crippen molar-refractivity contribution in [2.75, 3.05) is 6.61 Å². The Morgan fingerprint density at radius 3 is 2.47 bits per heavy atom. The van der Waals surface area contributed by atoms with Gasteiger partial charge >= 0.3 is 5.97 Å². The lowest BCUT2D eigenvalue weighted by Gasteiger charge is -2.41. The summed E-state index contributed by atoms with van der Waals surface area (Å²) in [6, 6.07) is 0. The Kier molecular flexibility index (Phi) is 7.34. The van der Waals surface area contributed by atoms with Gasteiger partial charge in [-0.25, -0.2) is 0 Å². The number of rotatable bonds is 3. The van der Waals surface area contributed by atoms with Crippen molar-refractivity contribution >= 4 is 5.97 Å². The van der Waals surface area contributed by atoms with Crippen LogP contribution in [-0.2, 0) is 19.0 Å². The molecule has 2 heterocycles. The number of hydrogen-bond acceptors (Lipinski definition) is 9. The third-order valence-electron chi connectivity index (χ3n) is 6.45. The maximum Gasteiger partial charge on any atom is 0.309 e. The van der Waals surface area contributed by atoms with Crippen LogP contribution in [0.25, 0.3) is 0 Å². The van der Waals surface area contributed by atoms with E-state index < -0.39 is 55.6 Å². The number of aliphatic hydroxyl groups excluding tert-OH is 5. The first kappa shape index (κ1) is 23.3. The molecule has 2 fully saturated rings. The lowest BCUT2D eigenvalue weighted by molar-refractivity contribution is -0.308. The first-order chi connectivity index (χ1) is 14.1. The van der Waals surface area contributed by atoms with E-state index in [4.69, 9.17) is 14.2 Å². The average molecular weight is 428 g/mol. The molecular weight excluding hydrogens is 396 g/mol. The first-order valence-corrected chi connectivity index (χ1v) is 10.3. The van der Waals surface area contributed by atoms with Gasteiger partial charge in [0.05, 0.1) is 24.7 Å². The summed E-state index contributed by atoms with van der Waals surface area (Å²) >= 11 is 0. The zero-order chi connectivity index (χ0) is 22.2. The number of fused-ring (bicyclic) bond motifs is 1. The number of aliphatic hydroxyl groups is 5. The van der Waals surface area contributed by atoms with Crippen LogP contribution in [0, 0.1) is 11.8 Å². The van der Waals surface area contributed by atoms with E-state index in [-0.39, 0.29) is 17.8 Å². The van der Waals surface area contributed by atoms with Gasteiger partial charge in [0, 0.05) is 5.92 Å². The fourth-order valence-corrected chi connectivity index (χ4v) is 4.21. The largest absolute Gasteiger partial charge is 0.458 e. The van der Waals surface area contributed by atoms with Gasteiger partial charge in [-0.3, -0.25) is 4.79 Å². The molecule has 0 aromatic rings. The quantitative estimate of drug-likeness (QED) is 0.294. The number of carbonyl (C=O) groups excluding carboxylic acids is 1. The Bertz CT molecular complexity index is 688. The van der Waals surface area contributed by atoms with E-state index in [9.17, 15) is 30.3 Å². The molecule has 9 nitrogen and oxygen atoms in total. The average Bonchev–Trinajstić information content (AvgIpc) is 2.97. The van der Waals surface area contributed by atoms with Crippen molar-refractivity contribution in [3.05, 3.63) is 23.3 Å². The second-order valence-corrected chi connectivity index (χ2v) is 8.52. The van der Waals surface area contributed by atoms with Crippen LogP contribution in [0.2, 0.25) is 0 Å². The maximum atomic E-state index is 12.1. The van der Waals surface area contributed by atoms with Crippen LogP contribution in [0.4, 0.5) is 0 Å². The van der Waals surface area contributed by atoms with Crippen molar-refractivity contribution in [3.8, 4) is 0 Å². The van der Waals surface area contributed by atoms with E-state index >= 15 is 0 Å². The van der Waals surface area contributed by atoms with Gasteiger partial charge in [0.25, 0.3) is 0 Å². The highest BCUT2D eigenvalue weighted by Gasteiger charge is 2.46. The summed E-state index contributed by atoms with van der Waals surface area (Å²) in [5.74, 6) is -0.837. The van der Waals surface area contributed by atoms with E-state index in [0.29, 0.717) is 12.8 Å². The number of esters is 1. The van der Waals surface area contributed by atoms with E-state index in [0.717, 1.165) is 11.1 Å². The molecule has 1 aliphatic carbocycles. The highest BCUT2D eigenvalue weighted by atomic mass is 16.7. The second-order valence-electron chi connectivity index (χ2n) is 8.52. The van der Waals surface area contributed by atoms with Gasteiger partial charge in [0.2, 0.25) is 0 Å². The number of ether oxygens (including phenoxy) is 3. The fraction of sp³-hybridized carbons (Fsp3) is 0.762. The van der Waals surface area contributed by atoms with E-state index in [2.05, 4.69) is 0 Å². The molecule has 0 bridgehead atoms. The van der Waals surface area contributed by atoms with Gasteiger partial charge in [0.15, 0.2) is 6.29 Å². The van der Waals surface area contributed by atoms with Crippen LogP contribution in [0.3, 0.4) is 0 Å². The Hall–Kier alpha value is -1.33. The molecule has 9 heteroatoms. The number of hydrogen-bond donors (Lipinski definition) is 5. The van der Waals surface area contributed by atoms with E-state index in [1.54, 1.807) is 19.9 Å². The smallest absolute Gasteiger partial charge is 0.309 e. The number of carbonyl (C=O) groups is 1. The molecule has 0 unspecified atom stereocenters. The van der Waals surface area contributed by atoms with Crippen molar-refractivity contribution in [2.45, 2.75) is 82.6 Å². The lowest BCUT2D eigenvalue weighted by atomic mass is 9.83. The summed E-state index contributed by atoms with van der Waals surface area (Å²) in [7, 11) is 0. The molecule has 0 aromatic carbocycles. The normalized spacial score (nSPS) is 48.7. The predicted octanol–water partition coefficient (Wildman–Crippen LogP) is -0.603. The van der Waals surface area contributed by atoms with Crippen molar-refractivity contribution in [1.82, 2.24) is 0 Å². The third kappa shape index (κ3) is 4.62. The minimum atomic E-state index is -1.54. The summed E-state index contributed by atoms with van der Waals surface area (Å²) in [4.78, 5) is 12.1. The first-order valence-electron chi connectivity index (χ1n) is 10.3. The van der Waals surface area contributed by atoms with Crippen molar-refractivity contribution < 1.29 is 44.5 Å². The highest BCUT2D eigenvalue weighted by molar-refractivity contribution is 5.75. The standard InChI is InChI=1S/C21H32O9/c1-9-4-5-14(29-21-19(26)18(25)17(24)16(8-22)30-21)10(2)6-15-12(7-13(9)23)11(3)20(27)28-15/h4,6,11-19,21-26H,5,7-8H2,1-3H3/b9-4+,10-6+/t11-,12-,13-,14+,15-,16+,17+,18-,19+,21+/m0/s1. The van der Waals surface area contributed by atoms with Crippen LogP contribution in [0.15, 0.2) is 23.3 Å². The minimum absolute atomic E-state index is 0.184. The Labute approximate surface area is 175 Å².